The second-order valence-corrected chi connectivity index (χ2v) is 14.7. The van der Waals surface area contributed by atoms with Crippen LogP contribution in [0.25, 0.3) is 0 Å². The summed E-state index contributed by atoms with van der Waals surface area (Å²) in [5, 5.41) is 13.6. The molecule has 4 atom stereocenters. The smallest absolute Gasteiger partial charge is 0.304 e. The van der Waals surface area contributed by atoms with E-state index in [4.69, 9.17) is 35.3 Å². The third-order valence-electron chi connectivity index (χ3n) is 10.0. The minimum Gasteiger partial charge on any atom is -0.488 e. The molecule has 0 bridgehead atoms. The van der Waals surface area contributed by atoms with Crippen LogP contribution in [-0.2, 0) is 57.6 Å². The van der Waals surface area contributed by atoms with Crippen molar-refractivity contribution in [2.45, 2.75) is 69.8 Å². The molecule has 1 heterocycles. The van der Waals surface area contributed by atoms with Crippen molar-refractivity contribution in [1.82, 2.24) is 0 Å². The van der Waals surface area contributed by atoms with E-state index in [9.17, 15) is 5.11 Å². The highest BCUT2D eigenvalue weighted by Crippen LogP contribution is 2.50. The van der Waals surface area contributed by atoms with Gasteiger partial charge in [-0.15, -0.1) is 0 Å². The van der Waals surface area contributed by atoms with Gasteiger partial charge < -0.3 is 28.8 Å². The van der Waals surface area contributed by atoms with Crippen molar-refractivity contribution in [3.8, 4) is 5.75 Å². The number of rotatable bonds is 16. The fourth-order valence-corrected chi connectivity index (χ4v) is 7.11. The third-order valence-corrected chi connectivity index (χ3v) is 10.4. The van der Waals surface area contributed by atoms with E-state index in [0.717, 1.165) is 22.3 Å². The summed E-state index contributed by atoms with van der Waals surface area (Å²) in [6, 6.07) is 48.1. The molecular weight excluding hydrogens is 746 g/mol. The lowest BCUT2D eigenvalue weighted by Gasteiger charge is -2.50. The lowest BCUT2D eigenvalue weighted by atomic mass is 9.85. The summed E-state index contributed by atoms with van der Waals surface area (Å²) in [7, 11) is 0. The van der Waals surface area contributed by atoms with Gasteiger partial charge in [-0.25, -0.2) is 8.78 Å². The first kappa shape index (κ1) is 40.3. The van der Waals surface area contributed by atoms with E-state index < -0.39 is 36.6 Å². The summed E-state index contributed by atoms with van der Waals surface area (Å²) in [5.41, 5.74) is 5.76. The van der Waals surface area contributed by atoms with Crippen LogP contribution in [0.2, 0.25) is 5.02 Å². The zero-order chi connectivity index (χ0) is 39.7. The number of alkyl halides is 2. The standard InChI is InChI=1S/C48H45ClF2O6/c1-34-22-24-35(25-23-34)26-40-27-41(43(28-42(40)49)54-30-37-16-8-3-9-17-37)48(52)46(56-32-39-20-12-5-13-21-39)45(55-31-38-18-10-4-11-19-38)47(50,51)44(57-48)33-53-29-36-14-6-2-7-15-36/h2-25,27-28,44-46,52H,26,29-33H2,1H3/t44-,45-,46-,48?/m1/s1. The molecule has 1 unspecified atom stereocenters. The van der Waals surface area contributed by atoms with Crippen LogP contribution in [0.5, 0.6) is 5.75 Å². The summed E-state index contributed by atoms with van der Waals surface area (Å²) < 4.78 is 65.5. The highest BCUT2D eigenvalue weighted by molar-refractivity contribution is 6.31. The Morgan fingerprint density at radius 2 is 1.11 bits per heavy atom. The highest BCUT2D eigenvalue weighted by atomic mass is 35.5. The van der Waals surface area contributed by atoms with Crippen molar-refractivity contribution in [2.75, 3.05) is 6.61 Å². The molecule has 0 radical (unpaired) electrons. The average molecular weight is 791 g/mol. The molecule has 1 aliphatic rings. The van der Waals surface area contributed by atoms with Gasteiger partial charge in [0.1, 0.15) is 18.5 Å². The number of ether oxygens (including phenoxy) is 5. The second-order valence-electron chi connectivity index (χ2n) is 14.3. The number of aryl methyl sites for hydroxylation is 1. The molecule has 0 amide bonds. The van der Waals surface area contributed by atoms with Crippen molar-refractivity contribution >= 4 is 11.6 Å². The molecule has 0 aliphatic carbocycles. The fourth-order valence-electron chi connectivity index (χ4n) is 6.89. The molecule has 6 aromatic carbocycles. The lowest BCUT2D eigenvalue weighted by Crippen LogP contribution is -2.68. The fraction of sp³-hybridized carbons (Fsp3) is 0.250. The van der Waals surface area contributed by atoms with E-state index >= 15 is 8.78 Å². The molecular formula is C48H45ClF2O6. The molecule has 0 spiro atoms. The van der Waals surface area contributed by atoms with Crippen molar-refractivity contribution in [3.63, 3.8) is 0 Å². The van der Waals surface area contributed by atoms with Crippen LogP contribution in [0, 0.1) is 6.92 Å². The van der Waals surface area contributed by atoms with Crippen LogP contribution in [0.1, 0.15) is 44.5 Å². The SMILES string of the molecule is Cc1ccc(Cc2cc(C3(O)O[C@H](COCc4ccccc4)C(F)(F)[C@H](OCc4ccccc4)[C@H]3OCc3ccccc3)c(OCc3ccccc3)cc2Cl)cc1. The molecule has 1 fully saturated rings. The number of halogens is 3. The van der Waals surface area contributed by atoms with Gasteiger partial charge in [0.15, 0.2) is 12.2 Å². The van der Waals surface area contributed by atoms with Crippen molar-refractivity contribution < 1.29 is 37.6 Å². The van der Waals surface area contributed by atoms with Gasteiger partial charge in [-0.3, -0.25) is 0 Å². The Kier molecular flexibility index (Phi) is 13.1. The molecule has 9 heteroatoms. The van der Waals surface area contributed by atoms with E-state index in [2.05, 4.69) is 0 Å². The summed E-state index contributed by atoms with van der Waals surface area (Å²) in [5.74, 6) is -6.12. The number of aliphatic hydroxyl groups is 1. The van der Waals surface area contributed by atoms with Crippen LogP contribution in [0.3, 0.4) is 0 Å². The zero-order valence-corrected chi connectivity index (χ0v) is 32.4. The van der Waals surface area contributed by atoms with Crippen LogP contribution in [-0.4, -0.2) is 35.9 Å². The molecule has 6 aromatic rings. The average Bonchev–Trinajstić information content (AvgIpc) is 3.23. The summed E-state index contributed by atoms with van der Waals surface area (Å²) in [6.07, 6.45) is -5.37. The number of hydrogen-bond acceptors (Lipinski definition) is 6. The van der Waals surface area contributed by atoms with Gasteiger partial charge in [0, 0.05) is 5.02 Å². The highest BCUT2D eigenvalue weighted by Gasteiger charge is 2.66. The van der Waals surface area contributed by atoms with Crippen molar-refractivity contribution in [1.29, 1.82) is 0 Å². The first-order valence-corrected chi connectivity index (χ1v) is 19.3. The predicted octanol–water partition coefficient (Wildman–Crippen LogP) is 10.4. The van der Waals surface area contributed by atoms with Gasteiger partial charge >= 0.3 is 5.92 Å². The van der Waals surface area contributed by atoms with E-state index in [0.29, 0.717) is 28.1 Å². The Morgan fingerprint density at radius 1 is 0.614 bits per heavy atom. The van der Waals surface area contributed by atoms with Crippen LogP contribution in [0.4, 0.5) is 8.78 Å². The predicted molar refractivity (Wildman–Crippen MR) is 216 cm³/mol. The van der Waals surface area contributed by atoms with E-state index in [1.165, 1.54) is 0 Å². The van der Waals surface area contributed by atoms with Gasteiger partial charge in [0.25, 0.3) is 0 Å². The number of benzene rings is 6. The van der Waals surface area contributed by atoms with Gasteiger partial charge in [-0.05, 0) is 58.9 Å². The molecule has 7 rings (SSSR count). The van der Waals surface area contributed by atoms with Gasteiger partial charge in [-0.1, -0.05) is 163 Å². The van der Waals surface area contributed by atoms with Gasteiger partial charge in [0.2, 0.25) is 5.79 Å². The largest absolute Gasteiger partial charge is 0.488 e. The minimum atomic E-state index is -3.71. The molecule has 1 N–H and O–H groups in total. The quantitative estimate of drug-likeness (QED) is 0.105. The van der Waals surface area contributed by atoms with Crippen molar-refractivity contribution in [2.24, 2.45) is 0 Å². The second kappa shape index (κ2) is 18.6. The Hall–Kier alpha value is -4.93. The topological polar surface area (TPSA) is 66.4 Å². The van der Waals surface area contributed by atoms with E-state index in [1.54, 1.807) is 36.4 Å². The maximum Gasteiger partial charge on any atom is 0.304 e. The maximum absolute atomic E-state index is 17.2. The summed E-state index contributed by atoms with van der Waals surface area (Å²) in [4.78, 5) is 0. The normalized spacial score (nSPS) is 20.3. The first-order chi connectivity index (χ1) is 27.7. The molecule has 1 aliphatic heterocycles. The summed E-state index contributed by atoms with van der Waals surface area (Å²) in [6.45, 7) is 1.27. The minimum absolute atomic E-state index is 0.0474. The molecule has 57 heavy (non-hydrogen) atoms. The molecule has 6 nitrogen and oxygen atoms in total. The summed E-state index contributed by atoms with van der Waals surface area (Å²) >= 11 is 6.97. The molecule has 1 saturated heterocycles. The maximum atomic E-state index is 17.2. The Bertz CT molecular complexity index is 2160. The van der Waals surface area contributed by atoms with Gasteiger partial charge in [-0.2, -0.15) is 0 Å². The monoisotopic (exact) mass is 790 g/mol. The molecule has 0 aromatic heterocycles. The van der Waals surface area contributed by atoms with Crippen LogP contribution >= 0.6 is 11.6 Å². The lowest BCUT2D eigenvalue weighted by molar-refractivity contribution is -0.406. The van der Waals surface area contributed by atoms with E-state index in [-0.39, 0.29) is 37.7 Å². The Balaban J connectivity index is 1.34. The van der Waals surface area contributed by atoms with E-state index in [1.807, 2.05) is 128 Å². The first-order valence-electron chi connectivity index (χ1n) is 18.9. The van der Waals surface area contributed by atoms with Gasteiger partial charge in [0.05, 0.1) is 32.0 Å². The third kappa shape index (κ3) is 9.97. The van der Waals surface area contributed by atoms with Crippen molar-refractivity contribution in [3.05, 3.63) is 207 Å². The Labute approximate surface area is 337 Å². The zero-order valence-electron chi connectivity index (χ0n) is 31.6. The molecule has 294 valence electrons. The van der Waals surface area contributed by atoms with Crippen LogP contribution in [0.15, 0.2) is 158 Å². The van der Waals surface area contributed by atoms with Crippen LogP contribution < -0.4 is 4.74 Å². The molecule has 0 saturated carbocycles. The Morgan fingerprint density at radius 3 is 1.65 bits per heavy atom. The number of hydrogen-bond donors (Lipinski definition) is 1.